The van der Waals surface area contributed by atoms with Crippen molar-refractivity contribution in [3.63, 3.8) is 0 Å². The second kappa shape index (κ2) is 8.41. The number of halogens is 1. The largest absolute Gasteiger partial charge is 0.497 e. The first-order valence-electron chi connectivity index (χ1n) is 12.0. The SMILES string of the molecule is CC[C@@]1(O)C(=O)OCc2c1cc1n(c2=O)Cc2cc3cc(F)c(NCc4ccc(OC)cc4)cc3nc2-1. The monoisotopic (exact) mass is 501 g/mol. The summed E-state index contributed by atoms with van der Waals surface area (Å²) in [5, 5.41) is 14.8. The molecule has 0 spiro atoms. The van der Waals surface area contributed by atoms with Crippen molar-refractivity contribution >= 4 is 22.6 Å². The molecule has 4 heterocycles. The van der Waals surface area contributed by atoms with Gasteiger partial charge in [0.05, 0.1) is 41.8 Å². The zero-order chi connectivity index (χ0) is 25.9. The molecule has 0 bridgehead atoms. The number of benzene rings is 2. The molecule has 0 saturated carbocycles. The van der Waals surface area contributed by atoms with Gasteiger partial charge in [0.1, 0.15) is 18.2 Å². The number of nitrogens with one attached hydrogen (secondary N) is 1. The van der Waals surface area contributed by atoms with E-state index in [1.54, 1.807) is 30.7 Å². The summed E-state index contributed by atoms with van der Waals surface area (Å²) < 4.78 is 26.8. The van der Waals surface area contributed by atoms with Crippen LogP contribution >= 0.6 is 0 Å². The average molecular weight is 502 g/mol. The molecular formula is C28H24FN3O5. The summed E-state index contributed by atoms with van der Waals surface area (Å²) in [6, 6.07) is 14.1. The summed E-state index contributed by atoms with van der Waals surface area (Å²) in [6.07, 6.45) is 0.0717. The summed E-state index contributed by atoms with van der Waals surface area (Å²) >= 11 is 0. The molecule has 0 aliphatic carbocycles. The van der Waals surface area contributed by atoms with Gasteiger partial charge in [-0.1, -0.05) is 19.1 Å². The highest BCUT2D eigenvalue weighted by Gasteiger charge is 2.45. The fourth-order valence-corrected chi connectivity index (χ4v) is 5.08. The van der Waals surface area contributed by atoms with E-state index < -0.39 is 17.4 Å². The molecule has 188 valence electrons. The lowest BCUT2D eigenvalue weighted by Crippen LogP contribution is -2.44. The highest BCUT2D eigenvalue weighted by Crippen LogP contribution is 2.39. The Bertz CT molecular complexity index is 1650. The quantitative estimate of drug-likeness (QED) is 0.353. The van der Waals surface area contributed by atoms with Crippen LogP contribution in [0.25, 0.3) is 22.3 Å². The Morgan fingerprint density at radius 2 is 1.97 bits per heavy atom. The van der Waals surface area contributed by atoms with Crippen molar-refractivity contribution in [3.05, 3.63) is 87.0 Å². The fraction of sp³-hybridized carbons (Fsp3) is 0.250. The Morgan fingerprint density at radius 3 is 2.70 bits per heavy atom. The van der Waals surface area contributed by atoms with Crippen LogP contribution < -0.4 is 15.6 Å². The maximum Gasteiger partial charge on any atom is 0.343 e. The molecule has 0 fully saturated rings. The smallest absolute Gasteiger partial charge is 0.343 e. The van der Waals surface area contributed by atoms with Crippen molar-refractivity contribution in [2.24, 2.45) is 0 Å². The average Bonchev–Trinajstić information content (AvgIpc) is 3.26. The highest BCUT2D eigenvalue weighted by atomic mass is 19.1. The van der Waals surface area contributed by atoms with Crippen molar-refractivity contribution in [2.75, 3.05) is 12.4 Å². The standard InChI is InChI=1S/C28H24FN3O5/c1-3-28(35)20-10-24-25-17(13-32(24)26(33)19(20)14-37-27(28)34)8-16-9-21(29)23(11-22(16)31-25)30-12-15-4-6-18(36-2)7-5-15/h4-11,30,35H,3,12-14H2,1-2H3/t28-/m0/s1. The third-order valence-corrected chi connectivity index (χ3v) is 7.24. The van der Waals surface area contributed by atoms with Crippen LogP contribution in [0.15, 0.2) is 53.3 Å². The van der Waals surface area contributed by atoms with Crippen LogP contribution in [-0.4, -0.2) is 27.7 Å². The van der Waals surface area contributed by atoms with Gasteiger partial charge >= 0.3 is 5.97 Å². The van der Waals surface area contributed by atoms with Gasteiger partial charge in [-0.15, -0.1) is 0 Å². The Balaban J connectivity index is 1.40. The van der Waals surface area contributed by atoms with Crippen LogP contribution in [0.3, 0.4) is 0 Å². The van der Waals surface area contributed by atoms with Gasteiger partial charge in [-0.25, -0.2) is 14.2 Å². The Morgan fingerprint density at radius 1 is 1.19 bits per heavy atom. The molecule has 2 N–H and O–H groups in total. The summed E-state index contributed by atoms with van der Waals surface area (Å²) in [5.41, 5.74) is 1.97. The summed E-state index contributed by atoms with van der Waals surface area (Å²) in [4.78, 5) is 30.4. The maximum absolute atomic E-state index is 14.9. The molecule has 6 rings (SSSR count). The van der Waals surface area contributed by atoms with E-state index in [0.29, 0.717) is 34.5 Å². The molecule has 1 atom stereocenters. The molecule has 0 radical (unpaired) electrons. The third-order valence-electron chi connectivity index (χ3n) is 7.24. The van der Waals surface area contributed by atoms with Crippen LogP contribution in [0, 0.1) is 5.82 Å². The minimum absolute atomic E-state index is 0.0717. The van der Waals surface area contributed by atoms with Crippen molar-refractivity contribution in [1.82, 2.24) is 9.55 Å². The number of cyclic esters (lactones) is 1. The highest BCUT2D eigenvalue weighted by molar-refractivity contribution is 5.88. The number of anilines is 1. The Kier molecular flexibility index (Phi) is 5.27. The number of rotatable bonds is 5. The van der Waals surface area contributed by atoms with E-state index in [-0.39, 0.29) is 36.3 Å². The molecule has 4 aromatic rings. The van der Waals surface area contributed by atoms with Crippen LogP contribution in [-0.2, 0) is 34.8 Å². The third kappa shape index (κ3) is 3.57. The van der Waals surface area contributed by atoms with E-state index >= 15 is 0 Å². The summed E-state index contributed by atoms with van der Waals surface area (Å²) in [6.45, 7) is 2.15. The number of nitrogens with zero attached hydrogens (tertiary/aromatic N) is 2. The van der Waals surface area contributed by atoms with Crippen molar-refractivity contribution in [3.8, 4) is 17.1 Å². The second-order valence-electron chi connectivity index (χ2n) is 9.33. The molecule has 2 aliphatic heterocycles. The number of hydrogen-bond donors (Lipinski definition) is 2. The molecule has 0 unspecified atom stereocenters. The minimum Gasteiger partial charge on any atom is -0.497 e. The predicted molar refractivity (Wildman–Crippen MR) is 135 cm³/mol. The van der Waals surface area contributed by atoms with Crippen LogP contribution in [0.5, 0.6) is 5.75 Å². The lowest BCUT2D eigenvalue weighted by Gasteiger charge is -2.31. The number of aromatic nitrogens is 2. The molecule has 2 aliphatic rings. The molecule has 0 amide bonds. The molecule has 2 aromatic heterocycles. The van der Waals surface area contributed by atoms with Gasteiger partial charge in [-0.05, 0) is 48.4 Å². The first-order chi connectivity index (χ1) is 17.8. The number of carbonyl (C=O) groups excluding carboxylic acids is 1. The van der Waals surface area contributed by atoms with Crippen LogP contribution in [0.4, 0.5) is 10.1 Å². The number of methoxy groups -OCH3 is 1. The van der Waals surface area contributed by atoms with Crippen LogP contribution in [0.1, 0.15) is 35.6 Å². The lowest BCUT2D eigenvalue weighted by atomic mass is 9.86. The van der Waals surface area contributed by atoms with Crippen LogP contribution in [0.2, 0.25) is 0 Å². The first-order valence-corrected chi connectivity index (χ1v) is 12.0. The Labute approximate surface area is 211 Å². The topological polar surface area (TPSA) is 103 Å². The number of esters is 1. The Hall–Kier alpha value is -4.24. The van der Waals surface area contributed by atoms with Crippen molar-refractivity contribution in [2.45, 2.75) is 38.6 Å². The van der Waals surface area contributed by atoms with E-state index in [4.69, 9.17) is 14.5 Å². The first kappa shape index (κ1) is 23.2. The van der Waals surface area contributed by atoms with Gasteiger partial charge in [-0.2, -0.15) is 0 Å². The van der Waals surface area contributed by atoms with Crippen molar-refractivity contribution in [1.29, 1.82) is 0 Å². The second-order valence-corrected chi connectivity index (χ2v) is 9.33. The van der Waals surface area contributed by atoms with Gasteiger partial charge in [-0.3, -0.25) is 4.79 Å². The zero-order valence-corrected chi connectivity index (χ0v) is 20.3. The van der Waals surface area contributed by atoms with Gasteiger partial charge in [0, 0.05) is 23.1 Å². The van der Waals surface area contributed by atoms with Gasteiger partial charge in [0.15, 0.2) is 5.60 Å². The number of ether oxygens (including phenoxy) is 2. The van der Waals surface area contributed by atoms with Gasteiger partial charge in [0.25, 0.3) is 5.56 Å². The zero-order valence-electron chi connectivity index (χ0n) is 20.3. The van der Waals surface area contributed by atoms with E-state index in [1.807, 2.05) is 30.3 Å². The molecule has 2 aromatic carbocycles. The predicted octanol–water partition coefficient (Wildman–Crippen LogP) is 3.84. The molecule has 9 heteroatoms. The number of fused-ring (bicyclic) bond motifs is 5. The van der Waals surface area contributed by atoms with E-state index in [9.17, 15) is 19.1 Å². The lowest BCUT2D eigenvalue weighted by molar-refractivity contribution is -0.172. The number of hydrogen-bond acceptors (Lipinski definition) is 7. The van der Waals surface area contributed by atoms with E-state index in [2.05, 4.69) is 5.32 Å². The molecular weight excluding hydrogens is 477 g/mol. The normalized spacial score (nSPS) is 17.7. The summed E-state index contributed by atoms with van der Waals surface area (Å²) in [7, 11) is 1.60. The minimum atomic E-state index is -1.89. The summed E-state index contributed by atoms with van der Waals surface area (Å²) in [5.74, 6) is -0.428. The number of carbonyl (C=O) groups is 1. The van der Waals surface area contributed by atoms with E-state index in [1.165, 1.54) is 6.07 Å². The number of pyridine rings is 2. The fourth-order valence-electron chi connectivity index (χ4n) is 5.08. The van der Waals surface area contributed by atoms with E-state index in [0.717, 1.165) is 16.9 Å². The molecule has 0 saturated heterocycles. The molecule has 37 heavy (non-hydrogen) atoms. The maximum atomic E-state index is 14.9. The van der Waals surface area contributed by atoms with Gasteiger partial charge in [0.2, 0.25) is 0 Å². The van der Waals surface area contributed by atoms with Crippen molar-refractivity contribution < 1.29 is 23.8 Å². The number of aliphatic hydroxyl groups is 1. The molecule has 8 nitrogen and oxygen atoms in total. The van der Waals surface area contributed by atoms with Gasteiger partial charge < -0.3 is 24.5 Å².